The predicted octanol–water partition coefficient (Wildman–Crippen LogP) is -0.132. The van der Waals surface area contributed by atoms with Crippen molar-refractivity contribution < 1.29 is 18.9 Å². The number of aliphatic carboxylic acids is 1. The minimum atomic E-state index is -1.07. The van der Waals surface area contributed by atoms with E-state index in [0.29, 0.717) is 5.75 Å². The highest BCUT2D eigenvalue weighted by Crippen LogP contribution is 1.97. The van der Waals surface area contributed by atoms with Gasteiger partial charge in [-0.1, -0.05) is 0 Å². The van der Waals surface area contributed by atoms with Gasteiger partial charge in [-0.3, -0.25) is 4.21 Å². The maximum Gasteiger partial charge on any atom is 0.326 e. The number of carboxylic acid groups (broad SMARTS) is 1. The summed E-state index contributed by atoms with van der Waals surface area (Å²) in [6, 6.07) is -1.62. The first-order valence-corrected chi connectivity index (χ1v) is 6.54. The van der Waals surface area contributed by atoms with Gasteiger partial charge >= 0.3 is 12.0 Å². The van der Waals surface area contributed by atoms with E-state index in [1.54, 1.807) is 13.2 Å². The second-order valence-electron chi connectivity index (χ2n) is 3.72. The number of carbonyl (C=O) groups is 2. The summed E-state index contributed by atoms with van der Waals surface area (Å²) < 4.78 is 10.9. The molecule has 0 aromatic heterocycles. The fourth-order valence-corrected chi connectivity index (χ4v) is 1.84. The minimum Gasteiger partial charge on any atom is -0.480 e. The molecule has 16 heavy (non-hydrogen) atoms. The molecule has 0 saturated carbocycles. The molecule has 6 nitrogen and oxygen atoms in total. The van der Waals surface area contributed by atoms with Gasteiger partial charge < -0.3 is 15.3 Å². The van der Waals surface area contributed by atoms with E-state index < -0.39 is 28.8 Å². The summed E-state index contributed by atoms with van der Waals surface area (Å²) in [5, 5.41) is 11.3. The Balaban J connectivity index is 4.25. The molecule has 0 heterocycles. The van der Waals surface area contributed by atoms with Crippen molar-refractivity contribution in [3.05, 3.63) is 0 Å². The van der Waals surface area contributed by atoms with Gasteiger partial charge in [-0.2, -0.15) is 0 Å². The number of hydrogen-bond acceptors (Lipinski definition) is 3. The van der Waals surface area contributed by atoms with Crippen LogP contribution in [0.2, 0.25) is 0 Å². The van der Waals surface area contributed by atoms with Crippen molar-refractivity contribution in [2.75, 3.05) is 19.1 Å². The third-order valence-corrected chi connectivity index (χ3v) is 3.08. The minimum absolute atomic E-state index is 0.248. The van der Waals surface area contributed by atoms with E-state index in [2.05, 4.69) is 5.32 Å². The molecule has 0 spiro atoms. The fraction of sp³-hybridized carbons (Fsp3) is 0.778. The number of urea groups is 1. The summed E-state index contributed by atoms with van der Waals surface area (Å²) in [6.07, 6.45) is 1.55. The van der Waals surface area contributed by atoms with Gasteiger partial charge in [0.25, 0.3) is 0 Å². The van der Waals surface area contributed by atoms with Crippen molar-refractivity contribution in [3.63, 3.8) is 0 Å². The van der Waals surface area contributed by atoms with Crippen LogP contribution in [-0.2, 0) is 15.6 Å². The van der Waals surface area contributed by atoms with Crippen LogP contribution in [0.15, 0.2) is 0 Å². The third-order valence-electron chi connectivity index (χ3n) is 2.11. The standard InChI is InChI=1S/C9H18N2O4S/c1-6(5-16(4)15)10-9(14)11(3)7(2)8(12)13/h6-7H,5H2,1-4H3,(H,10,14)(H,12,13). The SMILES string of the molecule is CC(CS(C)=O)NC(=O)N(C)C(C)C(=O)O. The van der Waals surface area contributed by atoms with Gasteiger partial charge in [0.15, 0.2) is 0 Å². The van der Waals surface area contributed by atoms with Gasteiger partial charge in [-0.05, 0) is 13.8 Å². The van der Waals surface area contributed by atoms with Gasteiger partial charge in [0.05, 0.1) is 0 Å². The zero-order valence-electron chi connectivity index (χ0n) is 9.89. The van der Waals surface area contributed by atoms with Crippen LogP contribution < -0.4 is 5.32 Å². The first kappa shape index (κ1) is 14.9. The lowest BCUT2D eigenvalue weighted by atomic mass is 10.3. The molecule has 0 radical (unpaired) electrons. The number of hydrogen-bond donors (Lipinski definition) is 2. The van der Waals surface area contributed by atoms with E-state index >= 15 is 0 Å². The summed E-state index contributed by atoms with van der Waals surface area (Å²) in [4.78, 5) is 23.3. The quantitative estimate of drug-likeness (QED) is 0.711. The van der Waals surface area contributed by atoms with Gasteiger partial charge in [0.2, 0.25) is 0 Å². The molecular formula is C9H18N2O4S. The molecule has 0 fully saturated rings. The average Bonchev–Trinajstić information content (AvgIpc) is 2.13. The highest BCUT2D eigenvalue weighted by atomic mass is 32.2. The number of nitrogens with zero attached hydrogens (tertiary/aromatic N) is 1. The Bertz CT molecular complexity index is 295. The smallest absolute Gasteiger partial charge is 0.326 e. The molecule has 0 aliphatic carbocycles. The molecule has 2 N–H and O–H groups in total. The largest absolute Gasteiger partial charge is 0.480 e. The molecule has 2 amide bonds. The van der Waals surface area contributed by atoms with Gasteiger partial charge in [0.1, 0.15) is 6.04 Å². The summed E-state index contributed by atoms with van der Waals surface area (Å²) in [5.41, 5.74) is 0. The summed E-state index contributed by atoms with van der Waals surface area (Å²) in [5.74, 6) is -0.717. The van der Waals surface area contributed by atoms with Crippen LogP contribution in [0.4, 0.5) is 4.79 Å². The Morgan fingerprint density at radius 2 is 1.94 bits per heavy atom. The molecule has 0 aromatic carbocycles. The van der Waals surface area contributed by atoms with Crippen molar-refractivity contribution >= 4 is 22.8 Å². The van der Waals surface area contributed by atoms with Crippen molar-refractivity contribution in [2.24, 2.45) is 0 Å². The molecule has 3 unspecified atom stereocenters. The highest BCUT2D eigenvalue weighted by molar-refractivity contribution is 7.84. The topological polar surface area (TPSA) is 86.7 Å². The predicted molar refractivity (Wildman–Crippen MR) is 61.8 cm³/mol. The van der Waals surface area contributed by atoms with Crippen LogP contribution in [0.3, 0.4) is 0 Å². The number of amides is 2. The van der Waals surface area contributed by atoms with Crippen LogP contribution in [0.25, 0.3) is 0 Å². The number of carboxylic acids is 1. The molecule has 0 aliphatic rings. The monoisotopic (exact) mass is 250 g/mol. The van der Waals surface area contributed by atoms with Crippen LogP contribution in [0.1, 0.15) is 13.8 Å². The second-order valence-corrected chi connectivity index (χ2v) is 5.20. The fourth-order valence-electron chi connectivity index (χ4n) is 1.05. The second kappa shape index (κ2) is 6.47. The summed E-state index contributed by atoms with van der Waals surface area (Å²) >= 11 is 0. The molecule has 0 rings (SSSR count). The number of rotatable bonds is 5. The van der Waals surface area contributed by atoms with Crippen LogP contribution in [0.5, 0.6) is 0 Å². The molecule has 3 atom stereocenters. The number of likely N-dealkylation sites (N-methyl/N-ethyl adjacent to an activating group) is 1. The third kappa shape index (κ3) is 5.11. The van der Waals surface area contributed by atoms with Crippen LogP contribution in [-0.4, -0.2) is 57.4 Å². The highest BCUT2D eigenvalue weighted by Gasteiger charge is 2.22. The Hall–Kier alpha value is -1.11. The number of carbonyl (C=O) groups excluding carboxylic acids is 1. The van der Waals surface area contributed by atoms with Gasteiger partial charge in [-0.15, -0.1) is 0 Å². The maximum atomic E-state index is 11.5. The summed E-state index contributed by atoms with van der Waals surface area (Å²) in [7, 11) is 0.412. The van der Waals surface area contributed by atoms with Crippen molar-refractivity contribution in [1.82, 2.24) is 10.2 Å². The van der Waals surface area contributed by atoms with Gasteiger partial charge in [0, 0.05) is 35.9 Å². The first-order valence-electron chi connectivity index (χ1n) is 4.81. The Morgan fingerprint density at radius 1 is 1.44 bits per heavy atom. The number of nitrogens with one attached hydrogen (secondary N) is 1. The van der Waals surface area contributed by atoms with Crippen LogP contribution in [0, 0.1) is 0 Å². The molecule has 0 saturated heterocycles. The average molecular weight is 250 g/mol. The van der Waals surface area contributed by atoms with E-state index in [1.165, 1.54) is 14.0 Å². The summed E-state index contributed by atoms with van der Waals surface area (Å²) in [6.45, 7) is 3.14. The molecule has 94 valence electrons. The zero-order chi connectivity index (χ0) is 12.9. The Labute approximate surface area is 97.5 Å². The lowest BCUT2D eigenvalue weighted by Gasteiger charge is -2.24. The first-order chi connectivity index (χ1) is 7.25. The van der Waals surface area contributed by atoms with Crippen molar-refractivity contribution in [3.8, 4) is 0 Å². The van der Waals surface area contributed by atoms with E-state index in [0.717, 1.165) is 4.90 Å². The normalized spacial score (nSPS) is 16.0. The van der Waals surface area contributed by atoms with Crippen LogP contribution >= 0.6 is 0 Å². The van der Waals surface area contributed by atoms with E-state index in [-0.39, 0.29) is 6.04 Å². The lowest BCUT2D eigenvalue weighted by molar-refractivity contribution is -0.141. The molecule has 7 heteroatoms. The zero-order valence-corrected chi connectivity index (χ0v) is 10.7. The molecule has 0 aliphatic heterocycles. The van der Waals surface area contributed by atoms with E-state index in [4.69, 9.17) is 5.11 Å². The molecule has 0 bridgehead atoms. The lowest BCUT2D eigenvalue weighted by Crippen LogP contribution is -2.49. The molecular weight excluding hydrogens is 232 g/mol. The maximum absolute atomic E-state index is 11.5. The molecule has 0 aromatic rings. The van der Waals surface area contributed by atoms with E-state index in [9.17, 15) is 13.8 Å². The van der Waals surface area contributed by atoms with Crippen molar-refractivity contribution in [2.45, 2.75) is 25.9 Å². The Morgan fingerprint density at radius 3 is 2.31 bits per heavy atom. The van der Waals surface area contributed by atoms with Crippen molar-refractivity contribution in [1.29, 1.82) is 0 Å². The van der Waals surface area contributed by atoms with E-state index in [1.807, 2.05) is 0 Å². The Kier molecular flexibility index (Phi) is 6.02. The van der Waals surface area contributed by atoms with Gasteiger partial charge in [-0.25, -0.2) is 9.59 Å².